The Balaban J connectivity index is 1.73. The first-order chi connectivity index (χ1) is 10.4. The number of aliphatic imine (C=N–C) groups is 1. The minimum atomic E-state index is 0.724. The van der Waals surface area contributed by atoms with Gasteiger partial charge in [-0.3, -0.25) is 0 Å². The normalized spacial score (nSPS) is 15.6. The SMILES string of the molecule is COc1ccccc1N=Cc1ccc(N2CCOCC2)o1. The Hall–Kier alpha value is -2.27. The van der Waals surface area contributed by atoms with Crippen molar-refractivity contribution in [3.05, 3.63) is 42.2 Å². The van der Waals surface area contributed by atoms with Crippen LogP contribution in [-0.2, 0) is 4.74 Å². The Morgan fingerprint density at radius 1 is 1.14 bits per heavy atom. The molecule has 0 N–H and O–H groups in total. The zero-order chi connectivity index (χ0) is 14.5. The maximum Gasteiger partial charge on any atom is 0.196 e. The summed E-state index contributed by atoms with van der Waals surface area (Å²) in [6.45, 7) is 3.20. The van der Waals surface area contributed by atoms with Crippen molar-refractivity contribution in [2.45, 2.75) is 0 Å². The van der Waals surface area contributed by atoms with Gasteiger partial charge in [0, 0.05) is 19.2 Å². The van der Waals surface area contributed by atoms with Crippen LogP contribution in [0.4, 0.5) is 11.6 Å². The first-order valence-corrected chi connectivity index (χ1v) is 6.96. The van der Waals surface area contributed by atoms with E-state index >= 15 is 0 Å². The number of furan rings is 1. The van der Waals surface area contributed by atoms with Crippen LogP contribution in [0, 0.1) is 0 Å². The van der Waals surface area contributed by atoms with Gasteiger partial charge in [-0.15, -0.1) is 0 Å². The van der Waals surface area contributed by atoms with E-state index in [-0.39, 0.29) is 0 Å². The lowest BCUT2D eigenvalue weighted by molar-refractivity contribution is 0.120. The third kappa shape index (κ3) is 3.25. The van der Waals surface area contributed by atoms with Crippen molar-refractivity contribution in [3.63, 3.8) is 0 Å². The molecule has 1 aliphatic rings. The third-order valence-corrected chi connectivity index (χ3v) is 3.35. The molecule has 1 fully saturated rings. The monoisotopic (exact) mass is 286 g/mol. The molecule has 1 saturated heterocycles. The van der Waals surface area contributed by atoms with E-state index in [1.165, 1.54) is 0 Å². The molecule has 5 heteroatoms. The molecule has 1 aliphatic heterocycles. The van der Waals surface area contributed by atoms with Crippen LogP contribution >= 0.6 is 0 Å². The quantitative estimate of drug-likeness (QED) is 0.811. The van der Waals surface area contributed by atoms with E-state index in [4.69, 9.17) is 13.9 Å². The van der Waals surface area contributed by atoms with E-state index in [0.717, 1.165) is 49.4 Å². The molecule has 110 valence electrons. The Bertz CT molecular complexity index is 615. The summed E-state index contributed by atoms with van der Waals surface area (Å²) < 4.78 is 16.4. The van der Waals surface area contributed by atoms with Gasteiger partial charge < -0.3 is 18.8 Å². The number of benzene rings is 1. The van der Waals surface area contributed by atoms with Crippen LogP contribution in [0.1, 0.15) is 5.76 Å². The summed E-state index contributed by atoms with van der Waals surface area (Å²) in [7, 11) is 1.64. The van der Waals surface area contributed by atoms with Gasteiger partial charge in [-0.2, -0.15) is 0 Å². The van der Waals surface area contributed by atoms with E-state index in [2.05, 4.69) is 9.89 Å². The zero-order valence-corrected chi connectivity index (χ0v) is 12.0. The second-order valence-electron chi connectivity index (χ2n) is 4.71. The molecule has 0 spiro atoms. The summed E-state index contributed by atoms with van der Waals surface area (Å²) in [5.74, 6) is 2.33. The van der Waals surface area contributed by atoms with Crippen LogP contribution in [0.5, 0.6) is 5.75 Å². The molecule has 0 bridgehead atoms. The predicted molar refractivity (Wildman–Crippen MR) is 82.0 cm³/mol. The van der Waals surface area contributed by atoms with Crippen LogP contribution in [0.25, 0.3) is 0 Å². The number of anilines is 1. The summed E-state index contributed by atoms with van der Waals surface area (Å²) in [6.07, 6.45) is 1.71. The fraction of sp³-hybridized carbons (Fsp3) is 0.312. The summed E-state index contributed by atoms with van der Waals surface area (Å²) in [5, 5.41) is 0. The summed E-state index contributed by atoms with van der Waals surface area (Å²) in [5.41, 5.74) is 0.782. The van der Waals surface area contributed by atoms with Crippen molar-refractivity contribution in [3.8, 4) is 5.75 Å². The molecule has 0 unspecified atom stereocenters. The number of ether oxygens (including phenoxy) is 2. The lowest BCUT2D eigenvalue weighted by atomic mass is 10.3. The van der Waals surface area contributed by atoms with Crippen LogP contribution in [0.2, 0.25) is 0 Å². The highest BCUT2D eigenvalue weighted by Crippen LogP contribution is 2.26. The van der Waals surface area contributed by atoms with E-state index in [1.807, 2.05) is 36.4 Å². The largest absolute Gasteiger partial charge is 0.494 e. The minimum absolute atomic E-state index is 0.724. The lowest BCUT2D eigenvalue weighted by Gasteiger charge is -2.26. The molecule has 1 aromatic heterocycles. The molecular formula is C16H18N2O3. The average Bonchev–Trinajstić information content (AvgIpc) is 3.03. The van der Waals surface area contributed by atoms with Crippen LogP contribution < -0.4 is 9.64 Å². The van der Waals surface area contributed by atoms with E-state index in [0.29, 0.717) is 0 Å². The van der Waals surface area contributed by atoms with E-state index < -0.39 is 0 Å². The molecule has 0 atom stereocenters. The number of methoxy groups -OCH3 is 1. The zero-order valence-electron chi connectivity index (χ0n) is 12.0. The van der Waals surface area contributed by atoms with E-state index in [1.54, 1.807) is 13.3 Å². The number of hydrogen-bond acceptors (Lipinski definition) is 5. The maximum absolute atomic E-state index is 5.80. The highest BCUT2D eigenvalue weighted by molar-refractivity contribution is 5.80. The molecule has 0 saturated carbocycles. The van der Waals surface area contributed by atoms with Gasteiger partial charge in [0.2, 0.25) is 0 Å². The van der Waals surface area contributed by atoms with Crippen LogP contribution in [0.15, 0.2) is 45.8 Å². The van der Waals surface area contributed by atoms with Gasteiger partial charge in [0.05, 0.1) is 26.5 Å². The van der Waals surface area contributed by atoms with Crippen molar-refractivity contribution < 1.29 is 13.9 Å². The highest BCUT2D eigenvalue weighted by atomic mass is 16.5. The van der Waals surface area contributed by atoms with Crippen LogP contribution in [-0.4, -0.2) is 39.6 Å². The Morgan fingerprint density at radius 3 is 2.76 bits per heavy atom. The van der Waals surface area contributed by atoms with Crippen molar-refractivity contribution >= 4 is 17.8 Å². The van der Waals surface area contributed by atoms with Gasteiger partial charge in [0.25, 0.3) is 0 Å². The molecule has 0 aliphatic carbocycles. The number of nitrogens with zero attached hydrogens (tertiary/aromatic N) is 2. The van der Waals surface area contributed by atoms with E-state index in [9.17, 15) is 0 Å². The Labute approximate surface area is 123 Å². The van der Waals surface area contributed by atoms with Crippen molar-refractivity contribution in [2.75, 3.05) is 38.3 Å². The molecule has 2 aromatic rings. The highest BCUT2D eigenvalue weighted by Gasteiger charge is 2.14. The van der Waals surface area contributed by atoms with Gasteiger partial charge in [-0.25, -0.2) is 4.99 Å². The van der Waals surface area contributed by atoms with Crippen LogP contribution in [0.3, 0.4) is 0 Å². The molecule has 3 rings (SSSR count). The molecular weight excluding hydrogens is 268 g/mol. The number of para-hydroxylation sites is 2. The van der Waals surface area contributed by atoms with Gasteiger partial charge in [0.1, 0.15) is 17.2 Å². The molecule has 0 amide bonds. The molecule has 2 heterocycles. The first-order valence-electron chi connectivity index (χ1n) is 6.96. The maximum atomic E-state index is 5.80. The molecule has 5 nitrogen and oxygen atoms in total. The fourth-order valence-electron chi connectivity index (χ4n) is 2.23. The van der Waals surface area contributed by atoms with Crippen molar-refractivity contribution in [1.29, 1.82) is 0 Å². The average molecular weight is 286 g/mol. The van der Waals surface area contributed by atoms with Gasteiger partial charge >= 0.3 is 0 Å². The number of hydrogen-bond donors (Lipinski definition) is 0. The predicted octanol–water partition coefficient (Wildman–Crippen LogP) is 2.88. The summed E-state index contributed by atoms with van der Waals surface area (Å²) in [4.78, 5) is 6.59. The topological polar surface area (TPSA) is 47.2 Å². The summed E-state index contributed by atoms with van der Waals surface area (Å²) in [6, 6.07) is 11.5. The number of rotatable bonds is 4. The Kier molecular flexibility index (Phi) is 4.21. The Morgan fingerprint density at radius 2 is 1.95 bits per heavy atom. The third-order valence-electron chi connectivity index (χ3n) is 3.35. The van der Waals surface area contributed by atoms with Crippen molar-refractivity contribution in [2.24, 2.45) is 4.99 Å². The van der Waals surface area contributed by atoms with Gasteiger partial charge in [-0.1, -0.05) is 12.1 Å². The fourth-order valence-corrected chi connectivity index (χ4v) is 2.23. The molecule has 1 aromatic carbocycles. The molecule has 21 heavy (non-hydrogen) atoms. The second-order valence-corrected chi connectivity index (χ2v) is 4.71. The first kappa shape index (κ1) is 13.7. The van der Waals surface area contributed by atoms with Gasteiger partial charge in [-0.05, 0) is 18.2 Å². The number of morpholine rings is 1. The second kappa shape index (κ2) is 6.45. The smallest absolute Gasteiger partial charge is 0.196 e. The minimum Gasteiger partial charge on any atom is -0.494 e. The van der Waals surface area contributed by atoms with Crippen molar-refractivity contribution in [1.82, 2.24) is 0 Å². The lowest BCUT2D eigenvalue weighted by Crippen LogP contribution is -2.35. The van der Waals surface area contributed by atoms with Gasteiger partial charge in [0.15, 0.2) is 5.88 Å². The molecule has 0 radical (unpaired) electrons. The standard InChI is InChI=1S/C16H18N2O3/c1-19-15-5-3-2-4-14(15)17-12-13-6-7-16(21-13)18-8-10-20-11-9-18/h2-7,12H,8-11H2,1H3. The summed E-state index contributed by atoms with van der Waals surface area (Å²) >= 11 is 0.